The van der Waals surface area contributed by atoms with E-state index in [1.54, 1.807) is 19.1 Å². The van der Waals surface area contributed by atoms with Crippen LogP contribution >= 0.6 is 0 Å². The van der Waals surface area contributed by atoms with Gasteiger partial charge in [-0.25, -0.2) is 9.78 Å². The van der Waals surface area contributed by atoms with Gasteiger partial charge in [-0.1, -0.05) is 38.1 Å². The van der Waals surface area contributed by atoms with Crippen LogP contribution in [0.25, 0.3) is 0 Å². The number of anilines is 1. The summed E-state index contributed by atoms with van der Waals surface area (Å²) in [5.74, 6) is -0.612. The van der Waals surface area contributed by atoms with Crippen LogP contribution < -0.4 is 5.32 Å². The van der Waals surface area contributed by atoms with Gasteiger partial charge in [-0.2, -0.15) is 0 Å². The van der Waals surface area contributed by atoms with E-state index >= 15 is 0 Å². The molecule has 120 valence electrons. The first-order valence-electron chi connectivity index (χ1n) is 7.57. The Morgan fingerprint density at radius 3 is 2.48 bits per heavy atom. The van der Waals surface area contributed by atoms with E-state index in [0.717, 1.165) is 11.3 Å². The molecule has 1 amide bonds. The van der Waals surface area contributed by atoms with E-state index in [1.807, 2.05) is 24.3 Å². The molecule has 0 unspecified atom stereocenters. The molecule has 0 aliphatic rings. The number of amides is 1. The molecular formula is C18H20N2O3. The van der Waals surface area contributed by atoms with Crippen LogP contribution in [0.3, 0.4) is 0 Å². The predicted molar refractivity (Wildman–Crippen MR) is 88.7 cm³/mol. The molecule has 0 radical (unpaired) electrons. The number of rotatable bonds is 5. The second-order valence-corrected chi connectivity index (χ2v) is 5.32. The molecule has 2 aromatic rings. The van der Waals surface area contributed by atoms with Crippen LogP contribution in [0.5, 0.6) is 0 Å². The number of aromatic nitrogens is 1. The molecule has 0 aliphatic heterocycles. The highest BCUT2D eigenvalue weighted by atomic mass is 16.5. The molecule has 2 rings (SSSR count). The highest BCUT2D eigenvalue weighted by molar-refractivity contribution is 6.04. The van der Waals surface area contributed by atoms with Crippen LogP contribution in [0.2, 0.25) is 0 Å². The molecule has 1 aromatic carbocycles. The van der Waals surface area contributed by atoms with Crippen LogP contribution in [-0.2, 0) is 4.74 Å². The monoisotopic (exact) mass is 312 g/mol. The zero-order chi connectivity index (χ0) is 16.8. The summed E-state index contributed by atoms with van der Waals surface area (Å²) in [5, 5.41) is 2.85. The first-order chi connectivity index (χ1) is 11.0. The van der Waals surface area contributed by atoms with E-state index in [1.165, 1.54) is 6.07 Å². The molecule has 0 aliphatic carbocycles. The minimum absolute atomic E-state index is 0.122. The van der Waals surface area contributed by atoms with Crippen LogP contribution in [0.1, 0.15) is 53.2 Å². The van der Waals surface area contributed by atoms with Gasteiger partial charge in [0.2, 0.25) is 0 Å². The molecule has 0 atom stereocenters. The zero-order valence-electron chi connectivity index (χ0n) is 13.5. The molecule has 0 spiro atoms. The number of nitrogens with zero attached hydrogens (tertiary/aromatic N) is 1. The standard InChI is InChI=1S/C18H20N2O3/c1-4-23-18(22)16-11-7-10-15(19-16)17(21)20-14-9-6-5-8-13(14)12(2)3/h5-12H,4H2,1-3H3,(H,20,21). The molecule has 5 nitrogen and oxygen atoms in total. The predicted octanol–water partition coefficient (Wildman–Crippen LogP) is 3.63. The van der Waals surface area contributed by atoms with Gasteiger partial charge in [-0.3, -0.25) is 4.79 Å². The Balaban J connectivity index is 2.22. The number of carbonyl (C=O) groups is 2. The second kappa shape index (κ2) is 7.54. The van der Waals surface area contributed by atoms with Gasteiger partial charge in [0.1, 0.15) is 11.4 Å². The lowest BCUT2D eigenvalue weighted by atomic mass is 10.0. The summed E-state index contributed by atoms with van der Waals surface area (Å²) < 4.78 is 4.90. The van der Waals surface area contributed by atoms with Crippen LogP contribution in [0.15, 0.2) is 42.5 Å². The maximum atomic E-state index is 12.4. The maximum absolute atomic E-state index is 12.4. The first kappa shape index (κ1) is 16.7. The van der Waals surface area contributed by atoms with Gasteiger partial charge < -0.3 is 10.1 Å². The number of pyridine rings is 1. The Kier molecular flexibility index (Phi) is 5.46. The van der Waals surface area contributed by atoms with Crippen molar-refractivity contribution in [3.63, 3.8) is 0 Å². The van der Waals surface area contributed by atoms with Crippen molar-refractivity contribution in [1.82, 2.24) is 4.98 Å². The number of esters is 1. The third kappa shape index (κ3) is 4.16. The Morgan fingerprint density at radius 2 is 1.78 bits per heavy atom. The first-order valence-corrected chi connectivity index (χ1v) is 7.57. The number of hydrogen-bond acceptors (Lipinski definition) is 4. The van der Waals surface area contributed by atoms with Crippen molar-refractivity contribution in [3.8, 4) is 0 Å². The van der Waals surface area contributed by atoms with Gasteiger partial charge >= 0.3 is 5.97 Å². The Hall–Kier alpha value is -2.69. The minimum Gasteiger partial charge on any atom is -0.461 e. The number of benzene rings is 1. The molecule has 0 saturated carbocycles. The lowest BCUT2D eigenvalue weighted by Gasteiger charge is -2.13. The third-order valence-corrected chi connectivity index (χ3v) is 3.30. The largest absolute Gasteiger partial charge is 0.461 e. The van der Waals surface area contributed by atoms with Gasteiger partial charge in [0.15, 0.2) is 0 Å². The zero-order valence-corrected chi connectivity index (χ0v) is 13.5. The van der Waals surface area contributed by atoms with Crippen molar-refractivity contribution in [2.45, 2.75) is 26.7 Å². The van der Waals surface area contributed by atoms with E-state index in [-0.39, 0.29) is 29.8 Å². The third-order valence-electron chi connectivity index (χ3n) is 3.30. The lowest BCUT2D eigenvalue weighted by Crippen LogP contribution is -2.17. The lowest BCUT2D eigenvalue weighted by molar-refractivity contribution is 0.0519. The Labute approximate surface area is 135 Å². The molecule has 1 N–H and O–H groups in total. The minimum atomic E-state index is -0.537. The fourth-order valence-electron chi connectivity index (χ4n) is 2.18. The van der Waals surface area contributed by atoms with E-state index < -0.39 is 5.97 Å². The molecule has 1 aromatic heterocycles. The molecule has 0 fully saturated rings. The summed E-state index contributed by atoms with van der Waals surface area (Å²) in [6, 6.07) is 12.3. The number of carbonyl (C=O) groups excluding carboxylic acids is 2. The number of hydrogen-bond donors (Lipinski definition) is 1. The number of para-hydroxylation sites is 1. The van der Waals surface area contributed by atoms with E-state index in [4.69, 9.17) is 4.74 Å². The highest BCUT2D eigenvalue weighted by Gasteiger charge is 2.15. The second-order valence-electron chi connectivity index (χ2n) is 5.32. The van der Waals surface area contributed by atoms with Crippen LogP contribution in [-0.4, -0.2) is 23.5 Å². The number of nitrogens with one attached hydrogen (secondary N) is 1. The van der Waals surface area contributed by atoms with E-state index in [9.17, 15) is 9.59 Å². The van der Waals surface area contributed by atoms with Gasteiger partial charge in [0.05, 0.1) is 6.61 Å². The van der Waals surface area contributed by atoms with Crippen molar-refractivity contribution < 1.29 is 14.3 Å². The van der Waals surface area contributed by atoms with Crippen molar-refractivity contribution in [1.29, 1.82) is 0 Å². The van der Waals surface area contributed by atoms with Crippen molar-refractivity contribution in [2.75, 3.05) is 11.9 Å². The molecule has 23 heavy (non-hydrogen) atoms. The van der Waals surface area contributed by atoms with Crippen molar-refractivity contribution in [2.24, 2.45) is 0 Å². The summed E-state index contributed by atoms with van der Waals surface area (Å²) in [7, 11) is 0. The fourth-order valence-corrected chi connectivity index (χ4v) is 2.18. The number of ether oxygens (including phenoxy) is 1. The maximum Gasteiger partial charge on any atom is 0.356 e. The van der Waals surface area contributed by atoms with Crippen molar-refractivity contribution >= 4 is 17.6 Å². The summed E-state index contributed by atoms with van der Waals surface area (Å²) in [4.78, 5) is 28.2. The Bertz CT molecular complexity index is 711. The topological polar surface area (TPSA) is 68.3 Å². The summed E-state index contributed by atoms with van der Waals surface area (Å²) >= 11 is 0. The van der Waals surface area contributed by atoms with E-state index in [0.29, 0.717) is 0 Å². The molecule has 5 heteroatoms. The normalized spacial score (nSPS) is 10.4. The van der Waals surface area contributed by atoms with Gasteiger partial charge in [0.25, 0.3) is 5.91 Å². The smallest absolute Gasteiger partial charge is 0.356 e. The van der Waals surface area contributed by atoms with Gasteiger partial charge in [0, 0.05) is 5.69 Å². The van der Waals surface area contributed by atoms with Crippen molar-refractivity contribution in [3.05, 3.63) is 59.4 Å². The SMILES string of the molecule is CCOC(=O)c1cccc(C(=O)Nc2ccccc2C(C)C)n1. The summed E-state index contributed by atoms with van der Waals surface area (Å²) in [6.45, 7) is 6.10. The van der Waals surface area contributed by atoms with Gasteiger partial charge in [-0.15, -0.1) is 0 Å². The van der Waals surface area contributed by atoms with E-state index in [2.05, 4.69) is 24.1 Å². The summed E-state index contributed by atoms with van der Waals surface area (Å²) in [6.07, 6.45) is 0. The van der Waals surface area contributed by atoms with Crippen LogP contribution in [0, 0.1) is 0 Å². The molecule has 1 heterocycles. The Morgan fingerprint density at radius 1 is 1.09 bits per heavy atom. The van der Waals surface area contributed by atoms with Gasteiger partial charge in [-0.05, 0) is 36.6 Å². The quantitative estimate of drug-likeness (QED) is 0.856. The average molecular weight is 312 g/mol. The van der Waals surface area contributed by atoms with Crippen LogP contribution in [0.4, 0.5) is 5.69 Å². The molecule has 0 bridgehead atoms. The fraction of sp³-hybridized carbons (Fsp3) is 0.278. The molecule has 0 saturated heterocycles. The summed E-state index contributed by atoms with van der Waals surface area (Å²) in [5.41, 5.74) is 2.09. The molecular weight excluding hydrogens is 292 g/mol. The average Bonchev–Trinajstić information content (AvgIpc) is 2.55. The highest BCUT2D eigenvalue weighted by Crippen LogP contribution is 2.24.